The van der Waals surface area contributed by atoms with Crippen LogP contribution in [0.5, 0.6) is 0 Å². The molecule has 1 heterocycles. The van der Waals surface area contributed by atoms with Gasteiger partial charge in [0.25, 0.3) is 0 Å². The highest BCUT2D eigenvalue weighted by Gasteiger charge is 2.35. The highest BCUT2D eigenvalue weighted by Crippen LogP contribution is 2.12. The Bertz CT molecular complexity index is 293. The molecule has 4 nitrogen and oxygen atoms in total. The number of rotatable bonds is 2. The maximum Gasteiger partial charge on any atom is 0.243 e. The van der Waals surface area contributed by atoms with Crippen molar-refractivity contribution >= 4 is 11.8 Å². The zero-order valence-electron chi connectivity index (χ0n) is 8.41. The minimum atomic E-state index is -0.415. The van der Waals surface area contributed by atoms with Gasteiger partial charge in [0.05, 0.1) is 12.6 Å². The van der Waals surface area contributed by atoms with Crippen LogP contribution in [0.15, 0.2) is 0 Å². The van der Waals surface area contributed by atoms with E-state index in [1.165, 1.54) is 4.90 Å². The molecule has 1 aliphatic rings. The van der Waals surface area contributed by atoms with E-state index in [0.717, 1.165) is 0 Å². The molecule has 0 bridgehead atoms. The van der Waals surface area contributed by atoms with Gasteiger partial charge in [-0.25, -0.2) is 0 Å². The molecule has 0 saturated carbocycles. The maximum atomic E-state index is 11.5. The first-order valence-corrected chi connectivity index (χ1v) is 4.66. The monoisotopic (exact) mass is 194 g/mol. The SMILES string of the molecule is C#CC(C)N1C(=O)CNC(=O)C1CC. The molecule has 76 valence electrons. The summed E-state index contributed by atoms with van der Waals surface area (Å²) in [4.78, 5) is 24.4. The third-order valence-electron chi connectivity index (χ3n) is 2.39. The van der Waals surface area contributed by atoms with E-state index >= 15 is 0 Å². The minimum absolute atomic E-state index is 0.0569. The summed E-state index contributed by atoms with van der Waals surface area (Å²) in [6.45, 7) is 3.67. The molecule has 0 spiro atoms. The second-order valence-corrected chi connectivity index (χ2v) is 3.29. The first-order valence-electron chi connectivity index (χ1n) is 4.66. The second kappa shape index (κ2) is 4.14. The molecule has 2 unspecified atom stereocenters. The van der Waals surface area contributed by atoms with Gasteiger partial charge in [-0.2, -0.15) is 0 Å². The first kappa shape index (κ1) is 10.6. The predicted octanol–water partition coefficient (Wildman–Crippen LogP) is -0.255. The van der Waals surface area contributed by atoms with E-state index < -0.39 is 6.04 Å². The Morgan fingerprint density at radius 3 is 2.86 bits per heavy atom. The summed E-state index contributed by atoms with van der Waals surface area (Å²) < 4.78 is 0. The molecular weight excluding hydrogens is 180 g/mol. The number of piperazine rings is 1. The summed E-state index contributed by atoms with van der Waals surface area (Å²) in [6.07, 6.45) is 5.84. The van der Waals surface area contributed by atoms with Crippen LogP contribution in [-0.4, -0.2) is 35.3 Å². The highest BCUT2D eigenvalue weighted by molar-refractivity contribution is 5.95. The van der Waals surface area contributed by atoms with Crippen LogP contribution in [0.1, 0.15) is 20.3 Å². The van der Waals surface area contributed by atoms with Gasteiger partial charge in [0.15, 0.2) is 0 Å². The van der Waals surface area contributed by atoms with Crippen molar-refractivity contribution in [3.63, 3.8) is 0 Å². The van der Waals surface area contributed by atoms with Crippen molar-refractivity contribution < 1.29 is 9.59 Å². The minimum Gasteiger partial charge on any atom is -0.345 e. The van der Waals surface area contributed by atoms with Gasteiger partial charge in [-0.05, 0) is 13.3 Å². The first-order chi connectivity index (χ1) is 6.61. The molecule has 1 fully saturated rings. The van der Waals surface area contributed by atoms with Gasteiger partial charge >= 0.3 is 0 Å². The Labute approximate surface area is 83.6 Å². The van der Waals surface area contributed by atoms with Gasteiger partial charge in [-0.15, -0.1) is 6.42 Å². The van der Waals surface area contributed by atoms with Crippen molar-refractivity contribution in [1.82, 2.24) is 10.2 Å². The maximum absolute atomic E-state index is 11.5. The van der Waals surface area contributed by atoms with Crippen molar-refractivity contribution in [3.05, 3.63) is 0 Å². The summed E-state index contributed by atoms with van der Waals surface area (Å²) in [6, 6.07) is -0.735. The number of nitrogens with zero attached hydrogens (tertiary/aromatic N) is 1. The molecule has 0 aromatic heterocycles. The molecule has 1 saturated heterocycles. The molecule has 1 aliphatic heterocycles. The summed E-state index contributed by atoms with van der Waals surface area (Å²) >= 11 is 0. The van der Waals surface area contributed by atoms with Crippen molar-refractivity contribution in [2.24, 2.45) is 0 Å². The van der Waals surface area contributed by atoms with E-state index in [9.17, 15) is 9.59 Å². The predicted molar refractivity (Wildman–Crippen MR) is 52.2 cm³/mol. The molecule has 0 aromatic rings. The number of nitrogens with one attached hydrogen (secondary N) is 1. The fourth-order valence-electron chi connectivity index (χ4n) is 1.62. The van der Waals surface area contributed by atoms with Gasteiger partial charge in [0.1, 0.15) is 6.04 Å². The van der Waals surface area contributed by atoms with Crippen LogP contribution < -0.4 is 5.32 Å². The quantitative estimate of drug-likeness (QED) is 0.616. The van der Waals surface area contributed by atoms with Crippen LogP contribution in [0, 0.1) is 12.3 Å². The lowest BCUT2D eigenvalue weighted by atomic mass is 10.1. The number of amides is 2. The van der Waals surface area contributed by atoms with Crippen molar-refractivity contribution in [1.29, 1.82) is 0 Å². The molecule has 0 aromatic carbocycles. The molecule has 1 N–H and O–H groups in total. The zero-order valence-corrected chi connectivity index (χ0v) is 8.41. The van der Waals surface area contributed by atoms with E-state index in [-0.39, 0.29) is 24.4 Å². The lowest BCUT2D eigenvalue weighted by Crippen LogP contribution is -2.60. The van der Waals surface area contributed by atoms with Crippen LogP contribution in [0.4, 0.5) is 0 Å². The average Bonchev–Trinajstić information content (AvgIpc) is 2.19. The van der Waals surface area contributed by atoms with Gasteiger partial charge in [0, 0.05) is 0 Å². The van der Waals surface area contributed by atoms with Gasteiger partial charge < -0.3 is 10.2 Å². The van der Waals surface area contributed by atoms with E-state index in [2.05, 4.69) is 11.2 Å². The lowest BCUT2D eigenvalue weighted by Gasteiger charge is -2.36. The zero-order chi connectivity index (χ0) is 10.7. The Balaban J connectivity index is 2.90. The molecule has 2 atom stereocenters. The van der Waals surface area contributed by atoms with Crippen molar-refractivity contribution in [2.75, 3.05) is 6.54 Å². The molecule has 0 radical (unpaired) electrons. The van der Waals surface area contributed by atoms with Crippen LogP contribution >= 0.6 is 0 Å². The summed E-state index contributed by atoms with van der Waals surface area (Å²) in [5, 5.41) is 2.54. The second-order valence-electron chi connectivity index (χ2n) is 3.29. The van der Waals surface area contributed by atoms with Crippen molar-refractivity contribution in [3.8, 4) is 12.3 Å². The molecule has 1 rings (SSSR count). The average molecular weight is 194 g/mol. The number of hydrogen-bond acceptors (Lipinski definition) is 2. The van der Waals surface area contributed by atoms with E-state index in [1.807, 2.05) is 6.92 Å². The highest BCUT2D eigenvalue weighted by atomic mass is 16.2. The van der Waals surface area contributed by atoms with E-state index in [4.69, 9.17) is 6.42 Å². The Morgan fingerprint density at radius 1 is 1.71 bits per heavy atom. The van der Waals surface area contributed by atoms with E-state index in [0.29, 0.717) is 6.42 Å². The third kappa shape index (κ3) is 1.72. The molecule has 4 heteroatoms. The standard InChI is InChI=1S/C10H14N2O2/c1-4-7(3)12-8(5-2)10(14)11-6-9(12)13/h1,7-8H,5-6H2,2-3H3,(H,11,14). The molecule has 2 amide bonds. The van der Waals surface area contributed by atoms with Gasteiger partial charge in [-0.3, -0.25) is 9.59 Å². The lowest BCUT2D eigenvalue weighted by molar-refractivity contribution is -0.146. The Morgan fingerprint density at radius 2 is 2.36 bits per heavy atom. The number of carbonyl (C=O) groups excluding carboxylic acids is 2. The molecular formula is C10H14N2O2. The summed E-state index contributed by atoms with van der Waals surface area (Å²) in [5.74, 6) is 2.25. The number of hydrogen-bond donors (Lipinski definition) is 1. The summed E-state index contributed by atoms with van der Waals surface area (Å²) in [7, 11) is 0. The third-order valence-corrected chi connectivity index (χ3v) is 2.39. The molecule has 0 aliphatic carbocycles. The topological polar surface area (TPSA) is 49.4 Å². The van der Waals surface area contributed by atoms with Crippen LogP contribution in [-0.2, 0) is 9.59 Å². The van der Waals surface area contributed by atoms with E-state index in [1.54, 1.807) is 6.92 Å². The fourth-order valence-corrected chi connectivity index (χ4v) is 1.62. The largest absolute Gasteiger partial charge is 0.345 e. The van der Waals surface area contributed by atoms with Crippen molar-refractivity contribution in [2.45, 2.75) is 32.4 Å². The van der Waals surface area contributed by atoms with Crippen LogP contribution in [0.25, 0.3) is 0 Å². The van der Waals surface area contributed by atoms with Gasteiger partial charge in [-0.1, -0.05) is 12.8 Å². The van der Waals surface area contributed by atoms with Gasteiger partial charge in [0.2, 0.25) is 11.8 Å². The Hall–Kier alpha value is -1.50. The molecule has 14 heavy (non-hydrogen) atoms. The Kier molecular flexibility index (Phi) is 3.13. The fraction of sp³-hybridized carbons (Fsp3) is 0.600. The number of terminal acetylenes is 1. The normalized spacial score (nSPS) is 24.1. The van der Waals surface area contributed by atoms with Crippen LogP contribution in [0.2, 0.25) is 0 Å². The number of carbonyl (C=O) groups is 2. The van der Waals surface area contributed by atoms with Crippen LogP contribution in [0.3, 0.4) is 0 Å². The smallest absolute Gasteiger partial charge is 0.243 e. The summed E-state index contributed by atoms with van der Waals surface area (Å²) in [5.41, 5.74) is 0.